The van der Waals surface area contributed by atoms with E-state index in [1.54, 1.807) is 34.9 Å². The average Bonchev–Trinajstić information content (AvgIpc) is 3.47. The molecule has 0 spiro atoms. The molecular formula is C23H17F3N4O3. The maximum absolute atomic E-state index is 13.3. The zero-order valence-electron chi connectivity index (χ0n) is 17.0. The van der Waals surface area contributed by atoms with Crippen molar-refractivity contribution in [3.05, 3.63) is 78.3 Å². The highest BCUT2D eigenvalue weighted by atomic mass is 19.4. The van der Waals surface area contributed by atoms with E-state index >= 15 is 0 Å². The van der Waals surface area contributed by atoms with Gasteiger partial charge in [-0.15, -0.1) is 0 Å². The number of nitrogens with zero attached hydrogens (tertiary/aromatic N) is 3. The molecule has 2 aromatic heterocycles. The molecule has 5 rings (SSSR count). The summed E-state index contributed by atoms with van der Waals surface area (Å²) in [4.78, 5) is 32.0. The van der Waals surface area contributed by atoms with Crippen LogP contribution in [-0.4, -0.2) is 21.4 Å². The quantitative estimate of drug-likeness (QED) is 0.471. The molecule has 7 nitrogen and oxygen atoms in total. The third kappa shape index (κ3) is 3.84. The minimum atomic E-state index is -4.53. The number of imidazole rings is 1. The second-order valence-corrected chi connectivity index (χ2v) is 7.62. The van der Waals surface area contributed by atoms with E-state index in [2.05, 4.69) is 10.3 Å². The molecule has 3 heterocycles. The Morgan fingerprint density at radius 3 is 2.67 bits per heavy atom. The number of halogens is 3. The van der Waals surface area contributed by atoms with Gasteiger partial charge in [0.25, 0.3) is 5.91 Å². The number of para-hydroxylation sites is 2. The van der Waals surface area contributed by atoms with E-state index in [-0.39, 0.29) is 24.6 Å². The van der Waals surface area contributed by atoms with Crippen molar-refractivity contribution in [2.24, 2.45) is 0 Å². The topological polar surface area (TPSA) is 80.4 Å². The number of benzene rings is 2. The van der Waals surface area contributed by atoms with Gasteiger partial charge in [0.2, 0.25) is 11.9 Å². The summed E-state index contributed by atoms with van der Waals surface area (Å²) >= 11 is 0. The average molecular weight is 454 g/mol. The molecule has 2 aromatic carbocycles. The van der Waals surface area contributed by atoms with Gasteiger partial charge in [0.1, 0.15) is 11.8 Å². The maximum Gasteiger partial charge on any atom is 0.416 e. The Morgan fingerprint density at radius 2 is 1.91 bits per heavy atom. The van der Waals surface area contributed by atoms with Crippen molar-refractivity contribution < 1.29 is 27.2 Å². The van der Waals surface area contributed by atoms with Crippen molar-refractivity contribution in [1.29, 1.82) is 0 Å². The number of hydrogen-bond acceptors (Lipinski definition) is 4. The Hall–Kier alpha value is -4.08. The lowest BCUT2D eigenvalue weighted by molar-refractivity contribution is -0.137. The van der Waals surface area contributed by atoms with Crippen molar-refractivity contribution in [3.8, 4) is 0 Å². The number of carbonyl (C=O) groups excluding carboxylic acids is 2. The van der Waals surface area contributed by atoms with Gasteiger partial charge in [0.05, 0.1) is 35.8 Å². The number of carbonyl (C=O) groups is 2. The summed E-state index contributed by atoms with van der Waals surface area (Å²) in [6, 6.07) is 14.1. The minimum absolute atomic E-state index is 0.00317. The molecule has 0 aliphatic carbocycles. The molecule has 0 saturated heterocycles. The van der Waals surface area contributed by atoms with Crippen molar-refractivity contribution in [2.75, 3.05) is 10.2 Å². The van der Waals surface area contributed by atoms with Crippen LogP contribution in [0.3, 0.4) is 0 Å². The van der Waals surface area contributed by atoms with E-state index < -0.39 is 23.7 Å². The summed E-state index contributed by atoms with van der Waals surface area (Å²) in [6.45, 7) is 0.140. The number of fused-ring (bicyclic) bond motifs is 3. The first-order valence-electron chi connectivity index (χ1n) is 10.1. The number of hydrogen-bond donors (Lipinski definition) is 1. The fourth-order valence-electron chi connectivity index (χ4n) is 3.96. The van der Waals surface area contributed by atoms with Crippen molar-refractivity contribution in [1.82, 2.24) is 9.55 Å². The Kier molecular flexibility index (Phi) is 4.92. The van der Waals surface area contributed by atoms with Gasteiger partial charge in [-0.3, -0.25) is 19.1 Å². The van der Waals surface area contributed by atoms with Gasteiger partial charge in [-0.1, -0.05) is 18.2 Å². The second-order valence-electron chi connectivity index (χ2n) is 7.62. The van der Waals surface area contributed by atoms with Crippen molar-refractivity contribution in [3.63, 3.8) is 0 Å². The number of aromatic nitrogens is 2. The van der Waals surface area contributed by atoms with E-state index in [1.165, 1.54) is 23.3 Å². The maximum atomic E-state index is 13.3. The van der Waals surface area contributed by atoms with Crippen LogP contribution < -0.4 is 10.2 Å². The molecule has 2 amide bonds. The van der Waals surface area contributed by atoms with Gasteiger partial charge in [-0.05, 0) is 42.5 Å². The molecule has 0 radical (unpaired) electrons. The first-order chi connectivity index (χ1) is 15.8. The van der Waals surface area contributed by atoms with Crippen LogP contribution in [0.2, 0.25) is 0 Å². The summed E-state index contributed by atoms with van der Waals surface area (Å²) in [5, 5.41) is 2.47. The summed E-state index contributed by atoms with van der Waals surface area (Å²) in [5.74, 6) is 0.000548. The summed E-state index contributed by atoms with van der Waals surface area (Å²) < 4.78 is 46.0. The Balaban J connectivity index is 1.43. The Labute approximate surface area is 185 Å². The molecule has 10 heteroatoms. The fraction of sp³-hybridized carbons (Fsp3) is 0.174. The van der Waals surface area contributed by atoms with Gasteiger partial charge < -0.3 is 9.73 Å². The molecule has 1 unspecified atom stereocenters. The van der Waals surface area contributed by atoms with Crippen LogP contribution in [0, 0.1) is 0 Å². The minimum Gasteiger partial charge on any atom is -0.467 e. The lowest BCUT2D eigenvalue weighted by Gasteiger charge is -2.15. The van der Waals surface area contributed by atoms with Crippen molar-refractivity contribution >= 4 is 34.5 Å². The highest BCUT2D eigenvalue weighted by Crippen LogP contribution is 2.37. The largest absolute Gasteiger partial charge is 0.467 e. The third-order valence-electron chi connectivity index (χ3n) is 5.43. The number of anilines is 2. The number of nitrogens with one attached hydrogen (secondary N) is 1. The van der Waals surface area contributed by atoms with Crippen LogP contribution in [0.25, 0.3) is 11.0 Å². The number of alkyl halides is 3. The van der Waals surface area contributed by atoms with E-state index in [4.69, 9.17) is 4.42 Å². The predicted octanol–water partition coefficient (Wildman–Crippen LogP) is 4.76. The molecule has 1 aliphatic rings. The monoisotopic (exact) mass is 454 g/mol. The van der Waals surface area contributed by atoms with E-state index in [9.17, 15) is 22.8 Å². The van der Waals surface area contributed by atoms with Crippen LogP contribution in [0.4, 0.5) is 24.8 Å². The SMILES string of the molecule is O=C(CC1C(=O)N(Cc2ccco2)c2nc3ccccc3n21)Nc1cccc(C(F)(F)F)c1. The van der Waals surface area contributed by atoms with Crippen LogP contribution in [-0.2, 0) is 22.3 Å². The smallest absolute Gasteiger partial charge is 0.416 e. The molecule has 0 bridgehead atoms. The highest BCUT2D eigenvalue weighted by molar-refractivity contribution is 6.05. The molecule has 168 valence electrons. The van der Waals surface area contributed by atoms with Crippen LogP contribution >= 0.6 is 0 Å². The molecule has 0 saturated carbocycles. The lowest BCUT2D eigenvalue weighted by Crippen LogP contribution is -2.31. The second kappa shape index (κ2) is 7.80. The van der Waals surface area contributed by atoms with Crippen LogP contribution in [0.1, 0.15) is 23.8 Å². The van der Waals surface area contributed by atoms with Crippen molar-refractivity contribution in [2.45, 2.75) is 25.2 Å². The molecule has 1 atom stereocenters. The van der Waals surface area contributed by atoms with Gasteiger partial charge >= 0.3 is 6.18 Å². The van der Waals surface area contributed by atoms with Gasteiger partial charge in [-0.2, -0.15) is 13.2 Å². The van der Waals surface area contributed by atoms with Gasteiger partial charge in [-0.25, -0.2) is 4.98 Å². The normalized spacial score (nSPS) is 15.8. The fourth-order valence-corrected chi connectivity index (χ4v) is 3.96. The number of furan rings is 1. The molecule has 4 aromatic rings. The Morgan fingerprint density at radius 1 is 1.09 bits per heavy atom. The molecular weight excluding hydrogens is 437 g/mol. The van der Waals surface area contributed by atoms with Crippen LogP contribution in [0.5, 0.6) is 0 Å². The summed E-state index contributed by atoms with van der Waals surface area (Å²) in [6.07, 6.45) is -3.30. The van der Waals surface area contributed by atoms with Gasteiger partial charge in [0, 0.05) is 5.69 Å². The van der Waals surface area contributed by atoms with Gasteiger partial charge in [0.15, 0.2) is 0 Å². The first kappa shape index (κ1) is 20.8. The molecule has 1 aliphatic heterocycles. The predicted molar refractivity (Wildman–Crippen MR) is 113 cm³/mol. The van der Waals surface area contributed by atoms with E-state index in [1.807, 2.05) is 6.07 Å². The summed E-state index contributed by atoms with van der Waals surface area (Å²) in [7, 11) is 0. The molecule has 1 N–H and O–H groups in total. The zero-order valence-corrected chi connectivity index (χ0v) is 17.0. The number of amides is 2. The number of rotatable bonds is 5. The van der Waals surface area contributed by atoms with E-state index in [0.717, 1.165) is 12.1 Å². The lowest BCUT2D eigenvalue weighted by atomic mass is 10.1. The standard InChI is InChI=1S/C23H17F3N4O3/c24-23(25,26)14-5-3-6-15(11-14)27-20(31)12-19-21(32)29(13-16-7-4-10-33-16)22-28-17-8-1-2-9-18(17)30(19)22/h1-11,19H,12-13H2,(H,27,31). The Bertz CT molecular complexity index is 1340. The van der Waals surface area contributed by atoms with E-state index in [0.29, 0.717) is 22.7 Å². The zero-order chi connectivity index (χ0) is 23.2. The molecule has 33 heavy (non-hydrogen) atoms. The highest BCUT2D eigenvalue weighted by Gasteiger charge is 2.41. The van der Waals surface area contributed by atoms with Crippen LogP contribution in [0.15, 0.2) is 71.3 Å². The first-order valence-corrected chi connectivity index (χ1v) is 10.1. The molecule has 0 fully saturated rings. The summed E-state index contributed by atoms with van der Waals surface area (Å²) in [5.41, 5.74) is 0.473. The third-order valence-corrected chi connectivity index (χ3v) is 5.43.